The van der Waals surface area contributed by atoms with Gasteiger partial charge < -0.3 is 4.90 Å². The molecule has 0 radical (unpaired) electrons. The zero-order valence-corrected chi connectivity index (χ0v) is 13.8. The van der Waals surface area contributed by atoms with Gasteiger partial charge in [0.2, 0.25) is 5.91 Å². The predicted molar refractivity (Wildman–Crippen MR) is 86.2 cm³/mol. The van der Waals surface area contributed by atoms with Gasteiger partial charge >= 0.3 is 0 Å². The molecule has 6 heteroatoms. The minimum absolute atomic E-state index is 0.0567. The van der Waals surface area contributed by atoms with Gasteiger partial charge in [0, 0.05) is 30.5 Å². The van der Waals surface area contributed by atoms with Crippen LogP contribution in [0.1, 0.15) is 20.3 Å². The van der Waals surface area contributed by atoms with E-state index in [9.17, 15) is 9.59 Å². The summed E-state index contributed by atoms with van der Waals surface area (Å²) in [6, 6.07) is 5.41. The lowest BCUT2D eigenvalue weighted by Crippen LogP contribution is -2.32. The Balaban J connectivity index is 2.22. The van der Waals surface area contributed by atoms with Crippen LogP contribution in [0.3, 0.4) is 0 Å². The Morgan fingerprint density at radius 1 is 1.33 bits per heavy atom. The molecule has 0 unspecified atom stereocenters. The van der Waals surface area contributed by atoms with E-state index < -0.39 is 0 Å². The van der Waals surface area contributed by atoms with Gasteiger partial charge in [0.05, 0.1) is 17.2 Å². The summed E-state index contributed by atoms with van der Waals surface area (Å²) >= 11 is 3.35. The molecule has 0 bridgehead atoms. The molecule has 0 atom stereocenters. The lowest BCUT2D eigenvalue weighted by Gasteiger charge is -2.18. The van der Waals surface area contributed by atoms with E-state index in [0.717, 1.165) is 4.47 Å². The summed E-state index contributed by atoms with van der Waals surface area (Å²) in [7, 11) is 0. The van der Waals surface area contributed by atoms with Crippen molar-refractivity contribution >= 4 is 32.7 Å². The minimum Gasteiger partial charge on any atom is -0.343 e. The van der Waals surface area contributed by atoms with Gasteiger partial charge in [-0.3, -0.25) is 14.2 Å². The van der Waals surface area contributed by atoms with Gasteiger partial charge in [-0.2, -0.15) is 0 Å². The van der Waals surface area contributed by atoms with Crippen molar-refractivity contribution in [3.8, 4) is 0 Å². The summed E-state index contributed by atoms with van der Waals surface area (Å²) in [5.74, 6) is 0.0567. The smallest absolute Gasteiger partial charge is 0.261 e. The first-order valence-corrected chi connectivity index (χ1v) is 7.78. The second kappa shape index (κ2) is 6.85. The molecule has 112 valence electrons. The molecule has 0 saturated heterocycles. The first-order valence-electron chi connectivity index (χ1n) is 6.99. The molecule has 0 aliphatic rings. The summed E-state index contributed by atoms with van der Waals surface area (Å²) in [4.78, 5) is 30.4. The number of aryl methyl sites for hydroxylation is 1. The largest absolute Gasteiger partial charge is 0.343 e. The van der Waals surface area contributed by atoms with Crippen molar-refractivity contribution in [2.75, 3.05) is 13.1 Å². The normalized spacial score (nSPS) is 10.8. The first kappa shape index (κ1) is 15.7. The number of rotatable bonds is 5. The van der Waals surface area contributed by atoms with E-state index in [1.165, 1.54) is 10.9 Å². The second-order valence-electron chi connectivity index (χ2n) is 4.72. The highest BCUT2D eigenvalue weighted by atomic mass is 79.9. The van der Waals surface area contributed by atoms with Gasteiger partial charge in [0.1, 0.15) is 0 Å². The van der Waals surface area contributed by atoms with Crippen molar-refractivity contribution in [2.45, 2.75) is 26.8 Å². The Morgan fingerprint density at radius 2 is 2.05 bits per heavy atom. The van der Waals surface area contributed by atoms with Crippen LogP contribution in [-0.4, -0.2) is 33.4 Å². The highest BCUT2D eigenvalue weighted by molar-refractivity contribution is 9.10. The molecular weight excluding hydrogens is 334 g/mol. The molecule has 1 aromatic carbocycles. The lowest BCUT2D eigenvalue weighted by atomic mass is 10.2. The molecule has 2 aromatic rings. The maximum atomic E-state index is 12.4. The van der Waals surface area contributed by atoms with Crippen LogP contribution < -0.4 is 5.56 Å². The topological polar surface area (TPSA) is 55.2 Å². The van der Waals surface area contributed by atoms with E-state index in [-0.39, 0.29) is 11.5 Å². The van der Waals surface area contributed by atoms with Crippen LogP contribution in [0.15, 0.2) is 33.8 Å². The number of hydrogen-bond donors (Lipinski definition) is 0. The molecule has 1 aromatic heterocycles. The predicted octanol–water partition coefficient (Wildman–Crippen LogP) is 2.42. The van der Waals surface area contributed by atoms with Gasteiger partial charge in [0.15, 0.2) is 0 Å². The van der Waals surface area contributed by atoms with Crippen molar-refractivity contribution < 1.29 is 4.79 Å². The van der Waals surface area contributed by atoms with Crippen molar-refractivity contribution in [3.63, 3.8) is 0 Å². The maximum absolute atomic E-state index is 12.4. The van der Waals surface area contributed by atoms with Crippen LogP contribution in [0.4, 0.5) is 0 Å². The van der Waals surface area contributed by atoms with Crippen molar-refractivity contribution in [1.82, 2.24) is 14.5 Å². The summed E-state index contributed by atoms with van der Waals surface area (Å²) in [6.07, 6.45) is 1.82. The van der Waals surface area contributed by atoms with E-state index in [0.29, 0.717) is 37.0 Å². The average Bonchev–Trinajstić information content (AvgIpc) is 2.48. The van der Waals surface area contributed by atoms with Gasteiger partial charge in [-0.25, -0.2) is 4.98 Å². The Morgan fingerprint density at radius 3 is 2.71 bits per heavy atom. The molecule has 0 aliphatic heterocycles. The number of carbonyl (C=O) groups is 1. The molecular formula is C15H18BrN3O2. The van der Waals surface area contributed by atoms with Gasteiger partial charge in [-0.1, -0.05) is 15.9 Å². The molecule has 0 fully saturated rings. The Hall–Kier alpha value is -1.69. The number of benzene rings is 1. The summed E-state index contributed by atoms with van der Waals surface area (Å²) < 4.78 is 2.33. The highest BCUT2D eigenvalue weighted by Crippen LogP contribution is 2.14. The summed E-state index contributed by atoms with van der Waals surface area (Å²) in [5, 5.41) is 0.558. The van der Waals surface area contributed by atoms with Gasteiger partial charge in [-0.15, -0.1) is 0 Å². The van der Waals surface area contributed by atoms with Crippen molar-refractivity contribution in [1.29, 1.82) is 0 Å². The van der Waals surface area contributed by atoms with E-state index in [4.69, 9.17) is 0 Å². The number of aromatic nitrogens is 2. The van der Waals surface area contributed by atoms with Crippen LogP contribution >= 0.6 is 15.9 Å². The number of amides is 1. The van der Waals surface area contributed by atoms with E-state index >= 15 is 0 Å². The number of nitrogens with zero attached hydrogens (tertiary/aromatic N) is 3. The molecule has 0 N–H and O–H groups in total. The van der Waals surface area contributed by atoms with Crippen LogP contribution in [0, 0.1) is 0 Å². The monoisotopic (exact) mass is 351 g/mol. The quantitative estimate of drug-likeness (QED) is 0.831. The molecule has 0 aliphatic carbocycles. The van der Waals surface area contributed by atoms with Crippen LogP contribution in [0.5, 0.6) is 0 Å². The maximum Gasteiger partial charge on any atom is 0.261 e. The number of fused-ring (bicyclic) bond motifs is 1. The number of carbonyl (C=O) groups excluding carboxylic acids is 1. The van der Waals surface area contributed by atoms with E-state index in [2.05, 4.69) is 20.9 Å². The van der Waals surface area contributed by atoms with Crippen LogP contribution in [0.25, 0.3) is 10.9 Å². The molecule has 1 heterocycles. The van der Waals surface area contributed by atoms with Gasteiger partial charge in [-0.05, 0) is 32.0 Å². The summed E-state index contributed by atoms with van der Waals surface area (Å²) in [6.45, 7) is 5.62. The fourth-order valence-corrected chi connectivity index (χ4v) is 2.60. The van der Waals surface area contributed by atoms with Crippen molar-refractivity contribution in [2.24, 2.45) is 0 Å². The Kier molecular flexibility index (Phi) is 5.12. The van der Waals surface area contributed by atoms with E-state index in [1.807, 2.05) is 19.9 Å². The Labute approximate surface area is 131 Å². The minimum atomic E-state index is -0.117. The van der Waals surface area contributed by atoms with Crippen LogP contribution in [-0.2, 0) is 11.3 Å². The third-order valence-electron chi connectivity index (χ3n) is 3.47. The fourth-order valence-electron chi connectivity index (χ4n) is 2.24. The third-order valence-corrected chi connectivity index (χ3v) is 3.96. The number of halogens is 1. The SMILES string of the molecule is CCN(CC)C(=O)CCn1cnc2ccc(Br)cc2c1=O. The molecule has 21 heavy (non-hydrogen) atoms. The molecule has 0 spiro atoms. The van der Waals surface area contributed by atoms with Crippen molar-refractivity contribution in [3.05, 3.63) is 39.4 Å². The lowest BCUT2D eigenvalue weighted by molar-refractivity contribution is -0.131. The Bertz CT molecular complexity index is 708. The first-order chi connectivity index (χ1) is 10.1. The number of hydrogen-bond acceptors (Lipinski definition) is 3. The zero-order chi connectivity index (χ0) is 15.4. The van der Waals surface area contributed by atoms with Crippen LogP contribution in [0.2, 0.25) is 0 Å². The van der Waals surface area contributed by atoms with Gasteiger partial charge in [0.25, 0.3) is 5.56 Å². The molecule has 0 saturated carbocycles. The standard InChI is InChI=1S/C15H18BrN3O2/c1-3-18(4-2)14(20)7-8-19-10-17-13-6-5-11(16)9-12(13)15(19)21/h5-6,9-10H,3-4,7-8H2,1-2H3. The summed E-state index contributed by atoms with van der Waals surface area (Å²) in [5.41, 5.74) is 0.545. The fraction of sp³-hybridized carbons (Fsp3) is 0.400. The zero-order valence-electron chi connectivity index (χ0n) is 12.2. The average molecular weight is 352 g/mol. The highest BCUT2D eigenvalue weighted by Gasteiger charge is 2.11. The second-order valence-corrected chi connectivity index (χ2v) is 5.64. The van der Waals surface area contributed by atoms with E-state index in [1.54, 1.807) is 17.0 Å². The molecule has 5 nitrogen and oxygen atoms in total. The molecule has 1 amide bonds. The molecule has 2 rings (SSSR count). The third kappa shape index (κ3) is 3.50.